The fraction of sp³-hybridized carbons (Fsp3) is 0.529. The second kappa shape index (κ2) is 7.68. The number of nitrogens with zero attached hydrogens (tertiary/aromatic N) is 2. The molecule has 114 valence electrons. The fourth-order valence-corrected chi connectivity index (χ4v) is 2.00. The molecule has 1 aromatic rings. The van der Waals surface area contributed by atoms with Crippen LogP contribution in [-0.4, -0.2) is 24.0 Å². The minimum atomic E-state index is -0.313. The minimum Gasteiger partial charge on any atom is -0.359 e. The summed E-state index contributed by atoms with van der Waals surface area (Å²) in [6.07, 6.45) is 1.26. The van der Waals surface area contributed by atoms with E-state index in [4.69, 9.17) is 5.26 Å². The Morgan fingerprint density at radius 2 is 2.00 bits per heavy atom. The Morgan fingerprint density at radius 1 is 1.38 bits per heavy atom. The van der Waals surface area contributed by atoms with Crippen molar-refractivity contribution in [3.63, 3.8) is 0 Å². The number of nitriles is 1. The van der Waals surface area contributed by atoms with E-state index in [0.717, 1.165) is 12.1 Å². The van der Waals surface area contributed by atoms with Crippen LogP contribution in [0.4, 0.5) is 5.69 Å². The van der Waals surface area contributed by atoms with Crippen LogP contribution < -0.4 is 10.2 Å². The molecule has 0 saturated heterocycles. The van der Waals surface area contributed by atoms with Gasteiger partial charge >= 0.3 is 0 Å². The monoisotopic (exact) mass is 287 g/mol. The predicted octanol–water partition coefficient (Wildman–Crippen LogP) is 3.10. The standard InChI is InChI=1S/C17H25N3O/c1-5-17(3,4)19-16(21)14(2)20(13-9-12-18)15-10-7-6-8-11-15/h6-8,10-11,14H,5,9,13H2,1-4H3,(H,19,21). The molecule has 4 heteroatoms. The molecule has 1 atom stereocenters. The first-order chi connectivity index (χ1) is 9.91. The van der Waals surface area contributed by atoms with Crippen molar-refractivity contribution in [3.8, 4) is 6.07 Å². The number of anilines is 1. The van der Waals surface area contributed by atoms with Crippen LogP contribution in [0.3, 0.4) is 0 Å². The number of amides is 1. The average Bonchev–Trinajstić information content (AvgIpc) is 2.48. The number of para-hydroxylation sites is 1. The quantitative estimate of drug-likeness (QED) is 0.838. The first kappa shape index (κ1) is 17.0. The fourth-order valence-electron chi connectivity index (χ4n) is 2.00. The smallest absolute Gasteiger partial charge is 0.242 e. The number of rotatable bonds is 7. The van der Waals surface area contributed by atoms with Crippen LogP contribution in [0.5, 0.6) is 0 Å². The predicted molar refractivity (Wildman–Crippen MR) is 86.0 cm³/mol. The van der Waals surface area contributed by atoms with Crippen molar-refractivity contribution in [2.24, 2.45) is 0 Å². The normalized spacial score (nSPS) is 12.3. The molecule has 0 aliphatic rings. The molecule has 0 fully saturated rings. The van der Waals surface area contributed by atoms with Gasteiger partial charge in [-0.2, -0.15) is 5.26 Å². The largest absolute Gasteiger partial charge is 0.359 e. The zero-order chi connectivity index (χ0) is 15.9. The molecule has 0 bridgehead atoms. The van der Waals surface area contributed by atoms with E-state index in [1.165, 1.54) is 0 Å². The van der Waals surface area contributed by atoms with Gasteiger partial charge in [0.1, 0.15) is 6.04 Å². The van der Waals surface area contributed by atoms with E-state index in [0.29, 0.717) is 13.0 Å². The summed E-state index contributed by atoms with van der Waals surface area (Å²) in [6.45, 7) is 8.50. The Bertz CT molecular complexity index is 491. The Kier molecular flexibility index (Phi) is 6.23. The Balaban J connectivity index is 2.88. The lowest BCUT2D eigenvalue weighted by Gasteiger charge is -2.33. The summed E-state index contributed by atoms with van der Waals surface area (Å²) in [4.78, 5) is 14.4. The van der Waals surface area contributed by atoms with Gasteiger partial charge < -0.3 is 10.2 Å². The van der Waals surface area contributed by atoms with Crippen LogP contribution in [0.15, 0.2) is 30.3 Å². The highest BCUT2D eigenvalue weighted by molar-refractivity contribution is 5.85. The highest BCUT2D eigenvalue weighted by Crippen LogP contribution is 2.18. The summed E-state index contributed by atoms with van der Waals surface area (Å²) >= 11 is 0. The number of carbonyl (C=O) groups is 1. The number of hydrogen-bond donors (Lipinski definition) is 1. The van der Waals surface area contributed by atoms with Gasteiger partial charge in [-0.1, -0.05) is 25.1 Å². The van der Waals surface area contributed by atoms with Gasteiger partial charge in [0.15, 0.2) is 0 Å². The Labute approximate surface area is 127 Å². The molecular weight excluding hydrogens is 262 g/mol. The SMILES string of the molecule is CCC(C)(C)NC(=O)C(C)N(CCC#N)c1ccccc1. The third-order valence-electron chi connectivity index (χ3n) is 3.74. The van der Waals surface area contributed by atoms with Crippen LogP contribution in [-0.2, 0) is 4.79 Å². The first-order valence-electron chi connectivity index (χ1n) is 7.42. The molecule has 1 N–H and O–H groups in total. The molecule has 21 heavy (non-hydrogen) atoms. The minimum absolute atomic E-state index is 0.0105. The molecule has 1 rings (SSSR count). The molecule has 0 aromatic heterocycles. The summed E-state index contributed by atoms with van der Waals surface area (Å²) in [5.41, 5.74) is 0.743. The van der Waals surface area contributed by atoms with E-state index in [2.05, 4.69) is 18.3 Å². The molecule has 4 nitrogen and oxygen atoms in total. The Morgan fingerprint density at radius 3 is 2.52 bits per heavy atom. The summed E-state index contributed by atoms with van der Waals surface area (Å²) in [5, 5.41) is 11.9. The number of nitrogens with one attached hydrogen (secondary N) is 1. The zero-order valence-corrected chi connectivity index (χ0v) is 13.4. The summed E-state index contributed by atoms with van der Waals surface area (Å²) in [6, 6.07) is 11.6. The van der Waals surface area contributed by atoms with Crippen molar-refractivity contribution in [1.29, 1.82) is 5.26 Å². The van der Waals surface area contributed by atoms with E-state index in [1.807, 2.05) is 56.0 Å². The van der Waals surface area contributed by atoms with Gasteiger partial charge in [-0.25, -0.2) is 0 Å². The van der Waals surface area contributed by atoms with Gasteiger partial charge in [0, 0.05) is 17.8 Å². The lowest BCUT2D eigenvalue weighted by Crippen LogP contribution is -2.52. The topological polar surface area (TPSA) is 56.1 Å². The third-order valence-corrected chi connectivity index (χ3v) is 3.74. The number of benzene rings is 1. The molecule has 1 unspecified atom stereocenters. The van der Waals surface area contributed by atoms with Gasteiger partial charge in [0.2, 0.25) is 5.91 Å². The van der Waals surface area contributed by atoms with E-state index in [9.17, 15) is 4.79 Å². The van der Waals surface area contributed by atoms with Crippen molar-refractivity contribution in [1.82, 2.24) is 5.32 Å². The molecule has 1 aromatic carbocycles. The highest BCUT2D eigenvalue weighted by atomic mass is 16.2. The lowest BCUT2D eigenvalue weighted by atomic mass is 10.0. The summed E-state index contributed by atoms with van der Waals surface area (Å²) < 4.78 is 0. The second-order valence-electron chi connectivity index (χ2n) is 5.84. The van der Waals surface area contributed by atoms with Crippen molar-refractivity contribution >= 4 is 11.6 Å². The van der Waals surface area contributed by atoms with Gasteiger partial charge in [-0.05, 0) is 39.3 Å². The molecule has 0 aliphatic heterocycles. The van der Waals surface area contributed by atoms with Gasteiger partial charge in [0.25, 0.3) is 0 Å². The second-order valence-corrected chi connectivity index (χ2v) is 5.84. The van der Waals surface area contributed by atoms with Crippen molar-refractivity contribution in [2.75, 3.05) is 11.4 Å². The molecule has 0 heterocycles. The molecule has 0 saturated carbocycles. The highest BCUT2D eigenvalue weighted by Gasteiger charge is 2.26. The summed E-state index contributed by atoms with van der Waals surface area (Å²) in [5.74, 6) is -0.0105. The number of carbonyl (C=O) groups excluding carboxylic acids is 1. The maximum absolute atomic E-state index is 12.5. The van der Waals surface area contributed by atoms with Crippen LogP contribution in [0.2, 0.25) is 0 Å². The zero-order valence-electron chi connectivity index (χ0n) is 13.4. The summed E-state index contributed by atoms with van der Waals surface area (Å²) in [7, 11) is 0. The van der Waals surface area contributed by atoms with Gasteiger partial charge in [-0.3, -0.25) is 4.79 Å². The van der Waals surface area contributed by atoms with Crippen molar-refractivity contribution in [2.45, 2.75) is 52.1 Å². The van der Waals surface area contributed by atoms with E-state index in [1.54, 1.807) is 0 Å². The van der Waals surface area contributed by atoms with E-state index < -0.39 is 0 Å². The maximum Gasteiger partial charge on any atom is 0.242 e. The first-order valence-corrected chi connectivity index (χ1v) is 7.42. The number of hydrogen-bond acceptors (Lipinski definition) is 3. The van der Waals surface area contributed by atoms with Crippen LogP contribution in [0.25, 0.3) is 0 Å². The van der Waals surface area contributed by atoms with Gasteiger partial charge in [0.05, 0.1) is 12.5 Å². The van der Waals surface area contributed by atoms with E-state index in [-0.39, 0.29) is 17.5 Å². The van der Waals surface area contributed by atoms with Crippen molar-refractivity contribution in [3.05, 3.63) is 30.3 Å². The molecule has 0 radical (unpaired) electrons. The van der Waals surface area contributed by atoms with Crippen LogP contribution >= 0.6 is 0 Å². The molecule has 0 spiro atoms. The lowest BCUT2D eigenvalue weighted by molar-refractivity contribution is -0.123. The van der Waals surface area contributed by atoms with E-state index >= 15 is 0 Å². The van der Waals surface area contributed by atoms with Crippen LogP contribution in [0.1, 0.15) is 40.5 Å². The molecule has 1 amide bonds. The molecule has 0 aliphatic carbocycles. The van der Waals surface area contributed by atoms with Gasteiger partial charge in [-0.15, -0.1) is 0 Å². The Hall–Kier alpha value is -2.02. The maximum atomic E-state index is 12.5. The van der Waals surface area contributed by atoms with Crippen LogP contribution in [0, 0.1) is 11.3 Å². The third kappa shape index (κ3) is 5.11. The van der Waals surface area contributed by atoms with Crippen molar-refractivity contribution < 1.29 is 4.79 Å². The average molecular weight is 287 g/mol. The molecular formula is C17H25N3O.